The Kier molecular flexibility index (Phi) is 2.83. The van der Waals surface area contributed by atoms with E-state index in [2.05, 4.69) is 15.4 Å². The highest BCUT2D eigenvalue weighted by Gasteiger charge is 2.11. The fraction of sp³-hybridized carbons (Fsp3) is 0.286. The molecule has 0 atom stereocenters. The van der Waals surface area contributed by atoms with Crippen LogP contribution in [0.2, 0.25) is 0 Å². The predicted octanol–water partition coefficient (Wildman–Crippen LogP) is 2.26. The number of fused-ring (bicyclic) bond motifs is 1. The molecule has 19 heavy (non-hydrogen) atoms. The minimum absolute atomic E-state index is 0.684. The lowest BCUT2D eigenvalue weighted by atomic mass is 10.1. The van der Waals surface area contributed by atoms with Crippen molar-refractivity contribution in [3.05, 3.63) is 35.9 Å². The van der Waals surface area contributed by atoms with E-state index in [0.29, 0.717) is 5.89 Å². The Hall–Kier alpha value is -2.14. The maximum Gasteiger partial charge on any atom is 0.192 e. The van der Waals surface area contributed by atoms with E-state index in [0.717, 1.165) is 28.9 Å². The van der Waals surface area contributed by atoms with Crippen molar-refractivity contribution >= 4 is 11.1 Å². The highest BCUT2D eigenvalue weighted by Crippen LogP contribution is 2.26. The van der Waals surface area contributed by atoms with Crippen LogP contribution in [0.4, 0.5) is 0 Å². The van der Waals surface area contributed by atoms with Gasteiger partial charge in [0, 0.05) is 37.8 Å². The molecule has 2 heterocycles. The second-order valence-electron chi connectivity index (χ2n) is 4.62. The number of aryl methyl sites for hydroxylation is 2. The van der Waals surface area contributed by atoms with Gasteiger partial charge in [-0.25, -0.2) is 4.98 Å². The van der Waals surface area contributed by atoms with Crippen LogP contribution in [0.1, 0.15) is 11.5 Å². The maximum absolute atomic E-state index is 5.58. The van der Waals surface area contributed by atoms with Crippen molar-refractivity contribution in [2.24, 2.45) is 7.05 Å². The van der Waals surface area contributed by atoms with E-state index in [4.69, 9.17) is 4.42 Å². The summed E-state index contributed by atoms with van der Waals surface area (Å²) in [7, 11) is 3.86. The summed E-state index contributed by atoms with van der Waals surface area (Å²) in [5, 5.41) is 7.69. The second-order valence-corrected chi connectivity index (χ2v) is 4.62. The molecule has 0 radical (unpaired) electrons. The number of aromatic nitrogens is 3. The van der Waals surface area contributed by atoms with Gasteiger partial charge in [-0.3, -0.25) is 4.68 Å². The van der Waals surface area contributed by atoms with Crippen molar-refractivity contribution in [3.63, 3.8) is 0 Å². The van der Waals surface area contributed by atoms with Crippen LogP contribution in [0.3, 0.4) is 0 Å². The Balaban J connectivity index is 2.12. The third kappa shape index (κ3) is 2.13. The molecule has 3 aromatic rings. The molecular weight excluding hydrogens is 240 g/mol. The smallest absolute Gasteiger partial charge is 0.192 e. The molecule has 0 fully saturated rings. The Morgan fingerprint density at radius 3 is 3.00 bits per heavy atom. The van der Waals surface area contributed by atoms with E-state index in [1.54, 1.807) is 0 Å². The molecule has 1 aromatic carbocycles. The molecule has 0 saturated heterocycles. The molecule has 1 N–H and O–H groups in total. The van der Waals surface area contributed by atoms with Crippen LogP contribution in [0, 0.1) is 6.92 Å². The molecule has 2 aromatic heterocycles. The summed E-state index contributed by atoms with van der Waals surface area (Å²) in [6, 6.07) is 6.00. The van der Waals surface area contributed by atoms with Gasteiger partial charge in [-0.05, 0) is 19.2 Å². The highest BCUT2D eigenvalue weighted by molar-refractivity contribution is 5.80. The first-order valence-electron chi connectivity index (χ1n) is 6.22. The Morgan fingerprint density at radius 1 is 1.37 bits per heavy atom. The third-order valence-electron chi connectivity index (χ3n) is 3.04. The lowest BCUT2D eigenvalue weighted by Crippen LogP contribution is -2.05. The first kappa shape index (κ1) is 11.9. The van der Waals surface area contributed by atoms with E-state index in [-0.39, 0.29) is 0 Å². The minimum Gasteiger partial charge on any atom is -0.441 e. The van der Waals surface area contributed by atoms with Crippen LogP contribution in [0.25, 0.3) is 22.4 Å². The zero-order valence-electron chi connectivity index (χ0n) is 11.3. The molecule has 0 saturated carbocycles. The number of oxazole rings is 1. The molecule has 3 rings (SSSR count). The van der Waals surface area contributed by atoms with E-state index in [1.165, 1.54) is 5.56 Å². The normalized spacial score (nSPS) is 11.3. The van der Waals surface area contributed by atoms with Crippen molar-refractivity contribution in [2.45, 2.75) is 13.5 Å². The first-order valence-corrected chi connectivity index (χ1v) is 6.22. The van der Waals surface area contributed by atoms with Gasteiger partial charge in [0.2, 0.25) is 0 Å². The molecule has 0 unspecified atom stereocenters. The molecule has 98 valence electrons. The number of rotatable bonds is 3. The summed E-state index contributed by atoms with van der Waals surface area (Å²) < 4.78 is 7.41. The fourth-order valence-electron chi connectivity index (χ4n) is 2.29. The molecule has 5 heteroatoms. The Bertz CT molecular complexity index is 726. The zero-order chi connectivity index (χ0) is 13.4. The molecular formula is C14H16N4O. The van der Waals surface area contributed by atoms with Crippen LogP contribution in [-0.4, -0.2) is 21.8 Å². The average Bonchev–Trinajstić information content (AvgIpc) is 2.90. The number of benzene rings is 1. The van der Waals surface area contributed by atoms with Gasteiger partial charge in [0.25, 0.3) is 0 Å². The van der Waals surface area contributed by atoms with Crippen LogP contribution in [0.5, 0.6) is 0 Å². The van der Waals surface area contributed by atoms with Gasteiger partial charge in [0.1, 0.15) is 5.52 Å². The van der Waals surface area contributed by atoms with Crippen molar-refractivity contribution in [3.8, 4) is 11.3 Å². The molecule has 0 aliphatic carbocycles. The van der Waals surface area contributed by atoms with E-state index >= 15 is 0 Å². The van der Waals surface area contributed by atoms with Crippen LogP contribution < -0.4 is 5.32 Å². The van der Waals surface area contributed by atoms with Gasteiger partial charge in [-0.2, -0.15) is 5.10 Å². The summed E-state index contributed by atoms with van der Waals surface area (Å²) in [5.74, 6) is 0.684. The Labute approximate surface area is 111 Å². The van der Waals surface area contributed by atoms with Gasteiger partial charge in [-0.1, -0.05) is 6.07 Å². The molecule has 0 spiro atoms. The predicted molar refractivity (Wildman–Crippen MR) is 73.7 cm³/mol. The number of nitrogens with zero attached hydrogens (tertiary/aromatic N) is 3. The topological polar surface area (TPSA) is 55.9 Å². The van der Waals surface area contributed by atoms with Gasteiger partial charge in [0.05, 0.1) is 5.69 Å². The fourth-order valence-corrected chi connectivity index (χ4v) is 2.29. The second kappa shape index (κ2) is 4.51. The van der Waals surface area contributed by atoms with Crippen molar-refractivity contribution < 1.29 is 4.42 Å². The molecule has 0 aliphatic rings. The molecule has 0 bridgehead atoms. The number of hydrogen-bond acceptors (Lipinski definition) is 4. The van der Waals surface area contributed by atoms with Crippen molar-refractivity contribution in [2.75, 3.05) is 7.05 Å². The minimum atomic E-state index is 0.684. The summed E-state index contributed by atoms with van der Waals surface area (Å²) in [6.07, 6.45) is 2.03. The van der Waals surface area contributed by atoms with Gasteiger partial charge in [-0.15, -0.1) is 0 Å². The molecule has 5 nitrogen and oxygen atoms in total. The Morgan fingerprint density at radius 2 is 2.21 bits per heavy atom. The van der Waals surface area contributed by atoms with E-state index in [1.807, 2.05) is 50.1 Å². The van der Waals surface area contributed by atoms with Crippen LogP contribution in [0.15, 0.2) is 28.8 Å². The maximum atomic E-state index is 5.58. The number of hydrogen-bond donors (Lipinski definition) is 1. The molecule has 0 aliphatic heterocycles. The van der Waals surface area contributed by atoms with E-state index < -0.39 is 0 Å². The summed E-state index contributed by atoms with van der Waals surface area (Å²) in [5.41, 5.74) is 4.88. The third-order valence-corrected chi connectivity index (χ3v) is 3.04. The highest BCUT2D eigenvalue weighted by atomic mass is 16.3. The largest absolute Gasteiger partial charge is 0.441 e. The van der Waals surface area contributed by atoms with E-state index in [9.17, 15) is 0 Å². The van der Waals surface area contributed by atoms with Crippen LogP contribution >= 0.6 is 0 Å². The van der Waals surface area contributed by atoms with Gasteiger partial charge < -0.3 is 9.73 Å². The van der Waals surface area contributed by atoms with Crippen molar-refractivity contribution in [1.29, 1.82) is 0 Å². The lowest BCUT2D eigenvalue weighted by molar-refractivity contribution is 0.561. The molecule has 0 amide bonds. The summed E-state index contributed by atoms with van der Waals surface area (Å²) >= 11 is 0. The zero-order valence-corrected chi connectivity index (χ0v) is 11.3. The summed E-state index contributed by atoms with van der Waals surface area (Å²) in [6.45, 7) is 2.64. The summed E-state index contributed by atoms with van der Waals surface area (Å²) in [4.78, 5) is 4.31. The monoisotopic (exact) mass is 256 g/mol. The first-order chi connectivity index (χ1) is 9.17. The van der Waals surface area contributed by atoms with Crippen molar-refractivity contribution in [1.82, 2.24) is 20.1 Å². The average molecular weight is 256 g/mol. The lowest BCUT2D eigenvalue weighted by Gasteiger charge is -2.01. The van der Waals surface area contributed by atoms with Crippen LogP contribution in [-0.2, 0) is 13.6 Å². The quantitative estimate of drug-likeness (QED) is 0.781. The standard InChI is InChI=1S/C14H16N4O/c1-9-16-12-5-4-10(6-13(12)19-9)14-11(7-15-2)8-18(3)17-14/h4-6,8,15H,7H2,1-3H3. The number of nitrogens with one attached hydrogen (secondary N) is 1. The SMILES string of the molecule is CNCc1cn(C)nc1-c1ccc2nc(C)oc2c1. The van der Waals surface area contributed by atoms with Gasteiger partial charge >= 0.3 is 0 Å². The van der Waals surface area contributed by atoms with Gasteiger partial charge in [0.15, 0.2) is 11.5 Å².